The van der Waals surface area contributed by atoms with Gasteiger partial charge >= 0.3 is 0 Å². The lowest BCUT2D eigenvalue weighted by molar-refractivity contribution is 1.17. The Morgan fingerprint density at radius 2 is 0.725 bits per heavy atom. The average Bonchev–Trinajstić information content (AvgIpc) is 3.49. The van der Waals surface area contributed by atoms with Crippen molar-refractivity contribution in [3.8, 4) is 22.5 Å². The van der Waals surface area contributed by atoms with E-state index in [-0.39, 0.29) is 0 Å². The number of para-hydroxylation sites is 2. The van der Waals surface area contributed by atoms with Crippen LogP contribution in [0.1, 0.15) is 11.1 Å². The summed E-state index contributed by atoms with van der Waals surface area (Å²) in [7, 11) is 0. The van der Waals surface area contributed by atoms with Gasteiger partial charge in [0.05, 0.1) is 22.1 Å². The molecular weight excluding hydrogens is 484 g/mol. The van der Waals surface area contributed by atoms with Crippen LogP contribution in [0.5, 0.6) is 0 Å². The van der Waals surface area contributed by atoms with Crippen molar-refractivity contribution >= 4 is 43.6 Å². The number of nitrogens with zero attached hydrogens (tertiary/aromatic N) is 2. The van der Waals surface area contributed by atoms with Gasteiger partial charge < -0.3 is 9.13 Å². The van der Waals surface area contributed by atoms with Gasteiger partial charge in [-0.3, -0.25) is 0 Å². The van der Waals surface area contributed by atoms with Crippen LogP contribution >= 0.6 is 0 Å². The number of fused-ring (bicyclic) bond motifs is 6. The fraction of sp³-hybridized carbons (Fsp3) is 0.0526. The highest BCUT2D eigenvalue weighted by atomic mass is 15.0. The highest BCUT2D eigenvalue weighted by molar-refractivity contribution is 6.10. The third-order valence-electron chi connectivity index (χ3n) is 8.24. The molecule has 0 amide bonds. The molecule has 190 valence electrons. The second-order valence-electron chi connectivity index (χ2n) is 10.8. The van der Waals surface area contributed by atoms with Gasteiger partial charge in [-0.2, -0.15) is 0 Å². The van der Waals surface area contributed by atoms with E-state index in [9.17, 15) is 0 Å². The van der Waals surface area contributed by atoms with E-state index in [0.29, 0.717) is 0 Å². The van der Waals surface area contributed by atoms with E-state index < -0.39 is 0 Å². The molecule has 6 aromatic carbocycles. The van der Waals surface area contributed by atoms with Crippen LogP contribution in [0.25, 0.3) is 66.1 Å². The molecule has 0 bridgehead atoms. The van der Waals surface area contributed by atoms with Crippen LogP contribution in [-0.4, -0.2) is 9.13 Å². The zero-order valence-corrected chi connectivity index (χ0v) is 22.6. The molecule has 0 fully saturated rings. The first-order chi connectivity index (χ1) is 19.7. The first-order valence-electron chi connectivity index (χ1n) is 13.9. The van der Waals surface area contributed by atoms with Crippen LogP contribution in [0.3, 0.4) is 0 Å². The molecule has 0 spiro atoms. The van der Waals surface area contributed by atoms with Gasteiger partial charge in [0.15, 0.2) is 0 Å². The zero-order chi connectivity index (χ0) is 26.8. The van der Waals surface area contributed by atoms with E-state index in [2.05, 4.69) is 156 Å². The smallest absolute Gasteiger partial charge is 0.0543 e. The van der Waals surface area contributed by atoms with E-state index in [4.69, 9.17) is 0 Å². The van der Waals surface area contributed by atoms with Gasteiger partial charge in [0.25, 0.3) is 0 Å². The number of aromatic nitrogens is 2. The molecule has 0 aliphatic heterocycles. The van der Waals surface area contributed by atoms with Crippen molar-refractivity contribution in [3.63, 3.8) is 0 Å². The topological polar surface area (TPSA) is 9.86 Å². The lowest BCUT2D eigenvalue weighted by atomic mass is 10.0. The van der Waals surface area contributed by atoms with Crippen molar-refractivity contribution in [2.45, 2.75) is 13.8 Å². The molecule has 2 heterocycles. The van der Waals surface area contributed by atoms with Crippen molar-refractivity contribution < 1.29 is 0 Å². The molecule has 2 heteroatoms. The van der Waals surface area contributed by atoms with Crippen molar-refractivity contribution in [3.05, 3.63) is 145 Å². The summed E-state index contributed by atoms with van der Waals surface area (Å²) in [5.41, 5.74) is 12.3. The van der Waals surface area contributed by atoms with Crippen LogP contribution in [0.2, 0.25) is 0 Å². The molecule has 0 unspecified atom stereocenters. The number of benzene rings is 6. The maximum Gasteiger partial charge on any atom is 0.0543 e. The van der Waals surface area contributed by atoms with Gasteiger partial charge in [0.2, 0.25) is 0 Å². The Hall–Kier alpha value is -5.08. The second kappa shape index (κ2) is 8.72. The molecule has 0 aliphatic rings. The monoisotopic (exact) mass is 512 g/mol. The summed E-state index contributed by atoms with van der Waals surface area (Å²) in [6, 6.07) is 48.8. The van der Waals surface area contributed by atoms with E-state index in [1.807, 2.05) is 0 Å². The summed E-state index contributed by atoms with van der Waals surface area (Å²) >= 11 is 0. The number of hydrogen-bond acceptors (Lipinski definition) is 0. The first-order valence-corrected chi connectivity index (χ1v) is 13.9. The molecule has 2 nitrogen and oxygen atoms in total. The predicted octanol–water partition coefficient (Wildman–Crippen LogP) is 10.2. The largest absolute Gasteiger partial charge is 0.309 e. The van der Waals surface area contributed by atoms with E-state index in [1.54, 1.807) is 0 Å². The Bertz CT molecular complexity index is 2050. The zero-order valence-electron chi connectivity index (χ0n) is 22.6. The van der Waals surface area contributed by atoms with E-state index >= 15 is 0 Å². The van der Waals surface area contributed by atoms with Crippen LogP contribution in [-0.2, 0) is 0 Å². The summed E-state index contributed by atoms with van der Waals surface area (Å²) in [6.45, 7) is 4.32. The molecule has 2 aromatic heterocycles. The Morgan fingerprint density at radius 3 is 1.15 bits per heavy atom. The fourth-order valence-electron chi connectivity index (χ4n) is 6.32. The Kier molecular flexibility index (Phi) is 4.99. The highest BCUT2D eigenvalue weighted by Crippen LogP contribution is 2.35. The Balaban J connectivity index is 1.20. The Morgan fingerprint density at radius 1 is 0.350 bits per heavy atom. The van der Waals surface area contributed by atoms with Gasteiger partial charge in [0.1, 0.15) is 0 Å². The third-order valence-corrected chi connectivity index (χ3v) is 8.24. The molecule has 0 radical (unpaired) electrons. The molecule has 40 heavy (non-hydrogen) atoms. The average molecular weight is 513 g/mol. The second-order valence-corrected chi connectivity index (χ2v) is 10.8. The molecule has 0 atom stereocenters. The quantitative estimate of drug-likeness (QED) is 0.223. The minimum absolute atomic E-state index is 1.18. The standard InChI is InChI=1S/C38H28N2/c1-25-11-21-33-31-7-3-5-9-35(31)39(37(33)23-25)29-17-13-27(14-18-29)28-15-19-30(20-16-28)40-36-10-6-4-8-32(36)34-22-12-26(2)24-38(34)40/h3-24H,1-2H3. The fourth-order valence-corrected chi connectivity index (χ4v) is 6.32. The molecule has 8 aromatic rings. The third kappa shape index (κ3) is 3.43. The summed E-state index contributed by atoms with van der Waals surface area (Å²) in [5, 5.41) is 5.16. The van der Waals surface area contributed by atoms with Crippen molar-refractivity contribution in [1.82, 2.24) is 9.13 Å². The van der Waals surface area contributed by atoms with Gasteiger partial charge in [-0.15, -0.1) is 0 Å². The van der Waals surface area contributed by atoms with Crippen molar-refractivity contribution in [2.75, 3.05) is 0 Å². The summed E-state index contributed by atoms with van der Waals surface area (Å²) in [5.74, 6) is 0. The maximum atomic E-state index is 2.38. The summed E-state index contributed by atoms with van der Waals surface area (Å²) < 4.78 is 4.77. The molecule has 8 rings (SSSR count). The predicted molar refractivity (Wildman–Crippen MR) is 170 cm³/mol. The molecule has 0 saturated heterocycles. The summed E-state index contributed by atoms with van der Waals surface area (Å²) in [4.78, 5) is 0. The maximum absolute atomic E-state index is 2.38. The lowest BCUT2D eigenvalue weighted by Gasteiger charge is -2.11. The lowest BCUT2D eigenvalue weighted by Crippen LogP contribution is -1.95. The van der Waals surface area contributed by atoms with Gasteiger partial charge in [-0.05, 0) is 84.6 Å². The van der Waals surface area contributed by atoms with Gasteiger partial charge in [-0.1, -0.05) is 84.9 Å². The summed E-state index contributed by atoms with van der Waals surface area (Å²) in [6.07, 6.45) is 0. The normalized spacial score (nSPS) is 11.8. The minimum atomic E-state index is 1.18. The SMILES string of the molecule is Cc1ccc2c3ccccc3n(-c3ccc(-c4ccc(-n5c6ccccc6c6ccc(C)cc65)cc4)cc3)c2c1. The number of aryl methyl sites for hydroxylation is 2. The minimum Gasteiger partial charge on any atom is -0.309 e. The van der Waals surface area contributed by atoms with Crippen molar-refractivity contribution in [1.29, 1.82) is 0 Å². The van der Waals surface area contributed by atoms with Gasteiger partial charge in [-0.25, -0.2) is 0 Å². The van der Waals surface area contributed by atoms with Crippen molar-refractivity contribution in [2.24, 2.45) is 0 Å². The van der Waals surface area contributed by atoms with Gasteiger partial charge in [0, 0.05) is 32.9 Å². The molecular formula is C38H28N2. The molecule has 0 aliphatic carbocycles. The highest BCUT2D eigenvalue weighted by Gasteiger charge is 2.14. The molecule has 0 saturated carbocycles. The number of hydrogen-bond donors (Lipinski definition) is 0. The van der Waals surface area contributed by atoms with Crippen LogP contribution in [0, 0.1) is 13.8 Å². The first kappa shape index (κ1) is 22.9. The molecule has 0 N–H and O–H groups in total. The van der Waals surface area contributed by atoms with E-state index in [1.165, 1.54) is 77.2 Å². The number of rotatable bonds is 3. The van der Waals surface area contributed by atoms with Crippen LogP contribution in [0.4, 0.5) is 0 Å². The van der Waals surface area contributed by atoms with E-state index in [0.717, 1.165) is 0 Å². The Labute approximate surface area is 233 Å². The van der Waals surface area contributed by atoms with Crippen LogP contribution in [0.15, 0.2) is 133 Å². The van der Waals surface area contributed by atoms with Crippen LogP contribution < -0.4 is 0 Å².